The largest absolute Gasteiger partial charge is 0.382 e. The maximum Gasteiger partial charge on any atom is 0.272 e. The predicted molar refractivity (Wildman–Crippen MR) is 82.6 cm³/mol. The van der Waals surface area contributed by atoms with Crippen molar-refractivity contribution in [3.63, 3.8) is 0 Å². The van der Waals surface area contributed by atoms with E-state index in [0.717, 1.165) is 23.8 Å². The molecule has 3 N–H and O–H groups in total. The van der Waals surface area contributed by atoms with E-state index in [9.17, 15) is 4.79 Å². The Balaban J connectivity index is 1.65. The van der Waals surface area contributed by atoms with Gasteiger partial charge in [0, 0.05) is 32.2 Å². The lowest BCUT2D eigenvalue weighted by molar-refractivity contribution is 0.0741. The number of nitrogens with two attached hydrogens (primary N) is 1. The summed E-state index contributed by atoms with van der Waals surface area (Å²) in [6.07, 6.45) is 0. The number of benzene rings is 1. The SMILES string of the molecule is Nc1cc(C(=O)N2CCN(c3ccccc3Cl)CC2)[nH]n1. The van der Waals surface area contributed by atoms with Crippen molar-refractivity contribution in [3.8, 4) is 0 Å². The number of carbonyl (C=O) groups is 1. The molecule has 1 aliphatic heterocycles. The van der Waals surface area contributed by atoms with Crippen LogP contribution in [0.25, 0.3) is 0 Å². The molecule has 0 saturated carbocycles. The van der Waals surface area contributed by atoms with Crippen molar-refractivity contribution in [1.82, 2.24) is 15.1 Å². The number of aromatic amines is 1. The number of piperazine rings is 1. The number of amides is 1. The highest BCUT2D eigenvalue weighted by atomic mass is 35.5. The summed E-state index contributed by atoms with van der Waals surface area (Å²) in [4.78, 5) is 16.3. The molecule has 0 bridgehead atoms. The van der Waals surface area contributed by atoms with Crippen molar-refractivity contribution in [2.45, 2.75) is 0 Å². The Labute approximate surface area is 127 Å². The maximum absolute atomic E-state index is 12.3. The third-order valence-corrected chi connectivity index (χ3v) is 3.91. The molecule has 0 aliphatic carbocycles. The molecule has 0 unspecified atom stereocenters. The Morgan fingerprint density at radius 3 is 2.57 bits per heavy atom. The maximum atomic E-state index is 12.3. The minimum absolute atomic E-state index is 0.0713. The molecule has 1 fully saturated rings. The van der Waals surface area contributed by atoms with Crippen LogP contribution < -0.4 is 10.6 Å². The number of anilines is 2. The van der Waals surface area contributed by atoms with Crippen LogP contribution in [-0.4, -0.2) is 47.2 Å². The average molecular weight is 306 g/mol. The number of carbonyl (C=O) groups excluding carboxylic acids is 1. The van der Waals surface area contributed by atoms with Gasteiger partial charge in [0.2, 0.25) is 0 Å². The number of nitrogen functional groups attached to an aromatic ring is 1. The van der Waals surface area contributed by atoms with Crippen LogP contribution in [-0.2, 0) is 0 Å². The van der Waals surface area contributed by atoms with Gasteiger partial charge in [0.1, 0.15) is 11.5 Å². The van der Waals surface area contributed by atoms with E-state index in [1.807, 2.05) is 24.3 Å². The summed E-state index contributed by atoms with van der Waals surface area (Å²) in [7, 11) is 0. The lowest BCUT2D eigenvalue weighted by Gasteiger charge is -2.36. The third kappa shape index (κ3) is 2.80. The standard InChI is InChI=1S/C14H16ClN5O/c15-10-3-1-2-4-12(10)19-5-7-20(8-6-19)14(21)11-9-13(16)18-17-11/h1-4,9H,5-8H2,(H3,16,17,18). The van der Waals surface area contributed by atoms with Gasteiger partial charge in [-0.1, -0.05) is 23.7 Å². The van der Waals surface area contributed by atoms with E-state index in [1.54, 1.807) is 11.0 Å². The lowest BCUT2D eigenvalue weighted by Crippen LogP contribution is -2.49. The Kier molecular flexibility index (Phi) is 3.70. The van der Waals surface area contributed by atoms with Crippen molar-refractivity contribution < 1.29 is 4.79 Å². The van der Waals surface area contributed by atoms with Crippen LogP contribution in [0.2, 0.25) is 5.02 Å². The van der Waals surface area contributed by atoms with Gasteiger partial charge in [-0.15, -0.1) is 0 Å². The predicted octanol–water partition coefficient (Wildman–Crippen LogP) is 1.61. The number of para-hydroxylation sites is 1. The number of rotatable bonds is 2. The fourth-order valence-electron chi connectivity index (χ4n) is 2.48. The van der Waals surface area contributed by atoms with Crippen LogP contribution in [0.5, 0.6) is 0 Å². The van der Waals surface area contributed by atoms with Gasteiger partial charge in [0.15, 0.2) is 0 Å². The molecule has 7 heteroatoms. The minimum Gasteiger partial charge on any atom is -0.382 e. The number of aromatic nitrogens is 2. The molecule has 0 radical (unpaired) electrons. The Hall–Kier alpha value is -2.21. The molecule has 3 rings (SSSR count). The molecule has 2 heterocycles. The van der Waals surface area contributed by atoms with Crippen molar-refractivity contribution in [3.05, 3.63) is 41.0 Å². The summed E-state index contributed by atoms with van der Waals surface area (Å²) in [6, 6.07) is 9.31. The second kappa shape index (κ2) is 5.65. The van der Waals surface area contributed by atoms with E-state index in [0.29, 0.717) is 24.6 Å². The summed E-state index contributed by atoms with van der Waals surface area (Å²) >= 11 is 6.21. The van der Waals surface area contributed by atoms with Crippen LogP contribution in [0.1, 0.15) is 10.5 Å². The second-order valence-corrected chi connectivity index (χ2v) is 5.34. The fraction of sp³-hybridized carbons (Fsp3) is 0.286. The van der Waals surface area contributed by atoms with Crippen molar-refractivity contribution in [2.24, 2.45) is 0 Å². The van der Waals surface area contributed by atoms with E-state index >= 15 is 0 Å². The summed E-state index contributed by atoms with van der Waals surface area (Å²) in [6.45, 7) is 2.78. The summed E-state index contributed by atoms with van der Waals surface area (Å²) in [5.41, 5.74) is 6.97. The minimum atomic E-state index is -0.0713. The Bertz CT molecular complexity index is 648. The van der Waals surface area contributed by atoms with Gasteiger partial charge < -0.3 is 15.5 Å². The van der Waals surface area contributed by atoms with E-state index in [1.165, 1.54) is 0 Å². The Morgan fingerprint density at radius 1 is 1.24 bits per heavy atom. The Morgan fingerprint density at radius 2 is 1.95 bits per heavy atom. The van der Waals surface area contributed by atoms with Gasteiger partial charge in [-0.3, -0.25) is 9.89 Å². The molecule has 110 valence electrons. The highest BCUT2D eigenvalue weighted by molar-refractivity contribution is 6.33. The van der Waals surface area contributed by atoms with Gasteiger partial charge in [0.05, 0.1) is 10.7 Å². The molecule has 1 saturated heterocycles. The second-order valence-electron chi connectivity index (χ2n) is 4.94. The smallest absolute Gasteiger partial charge is 0.272 e. The average Bonchev–Trinajstić information content (AvgIpc) is 2.94. The highest BCUT2D eigenvalue weighted by Gasteiger charge is 2.24. The molecule has 1 amide bonds. The highest BCUT2D eigenvalue weighted by Crippen LogP contribution is 2.26. The summed E-state index contributed by atoms with van der Waals surface area (Å²) < 4.78 is 0. The quantitative estimate of drug-likeness (QED) is 0.883. The lowest BCUT2D eigenvalue weighted by atomic mass is 10.2. The summed E-state index contributed by atoms with van der Waals surface area (Å²) in [5, 5.41) is 7.17. The fourth-order valence-corrected chi connectivity index (χ4v) is 2.73. The molecule has 21 heavy (non-hydrogen) atoms. The molecular formula is C14H16ClN5O. The molecule has 2 aromatic rings. The number of nitrogens with one attached hydrogen (secondary N) is 1. The van der Waals surface area contributed by atoms with Crippen LogP contribution in [0, 0.1) is 0 Å². The van der Waals surface area contributed by atoms with E-state index in [4.69, 9.17) is 17.3 Å². The van der Waals surface area contributed by atoms with Crippen LogP contribution in [0.15, 0.2) is 30.3 Å². The van der Waals surface area contributed by atoms with Gasteiger partial charge in [-0.2, -0.15) is 5.10 Å². The first-order valence-electron chi connectivity index (χ1n) is 6.75. The van der Waals surface area contributed by atoms with E-state index in [2.05, 4.69) is 15.1 Å². The van der Waals surface area contributed by atoms with Crippen molar-refractivity contribution in [1.29, 1.82) is 0 Å². The molecule has 6 nitrogen and oxygen atoms in total. The van der Waals surface area contributed by atoms with Crippen LogP contribution >= 0.6 is 11.6 Å². The molecule has 0 atom stereocenters. The number of halogens is 1. The normalized spacial score (nSPS) is 15.3. The molecule has 1 aliphatic rings. The van der Waals surface area contributed by atoms with Crippen molar-refractivity contribution >= 4 is 29.0 Å². The van der Waals surface area contributed by atoms with Crippen molar-refractivity contribution in [2.75, 3.05) is 36.8 Å². The first-order chi connectivity index (χ1) is 10.1. The van der Waals surface area contributed by atoms with Gasteiger partial charge in [-0.25, -0.2) is 0 Å². The number of nitrogens with zero attached hydrogens (tertiary/aromatic N) is 3. The number of H-pyrrole nitrogens is 1. The first-order valence-corrected chi connectivity index (χ1v) is 7.12. The number of hydrogen-bond donors (Lipinski definition) is 2. The zero-order chi connectivity index (χ0) is 14.8. The van der Waals surface area contributed by atoms with Crippen LogP contribution in [0.4, 0.5) is 11.5 Å². The van der Waals surface area contributed by atoms with Gasteiger partial charge in [0.25, 0.3) is 5.91 Å². The number of hydrogen-bond acceptors (Lipinski definition) is 4. The van der Waals surface area contributed by atoms with E-state index < -0.39 is 0 Å². The monoisotopic (exact) mass is 305 g/mol. The van der Waals surface area contributed by atoms with E-state index in [-0.39, 0.29) is 5.91 Å². The first kappa shape index (κ1) is 13.8. The third-order valence-electron chi connectivity index (χ3n) is 3.59. The zero-order valence-corrected chi connectivity index (χ0v) is 12.2. The van der Waals surface area contributed by atoms with Crippen LogP contribution in [0.3, 0.4) is 0 Å². The summed E-state index contributed by atoms with van der Waals surface area (Å²) in [5.74, 6) is 0.256. The van der Waals surface area contributed by atoms with Gasteiger partial charge >= 0.3 is 0 Å². The topological polar surface area (TPSA) is 78.3 Å². The molecular weight excluding hydrogens is 290 g/mol. The molecule has 0 spiro atoms. The van der Waals surface area contributed by atoms with Gasteiger partial charge in [-0.05, 0) is 12.1 Å². The zero-order valence-electron chi connectivity index (χ0n) is 11.4. The molecule has 1 aromatic heterocycles. The molecule has 1 aromatic carbocycles.